The maximum absolute atomic E-state index is 14.3. The largest absolute Gasteiger partial charge is 0.463 e. The van der Waals surface area contributed by atoms with E-state index in [2.05, 4.69) is 53.7 Å². The molecule has 14 atom stereocenters. The zero-order valence-corrected chi connectivity index (χ0v) is 34.1. The Balaban J connectivity index is 1.36. The number of ketones is 1. The summed E-state index contributed by atoms with van der Waals surface area (Å²) in [5, 5.41) is 0. The van der Waals surface area contributed by atoms with Gasteiger partial charge in [0.1, 0.15) is 12.7 Å². The number of allylic oxidation sites excluding steroid dienone is 3. The van der Waals surface area contributed by atoms with Gasteiger partial charge < -0.3 is 28.4 Å². The first-order valence-corrected chi connectivity index (χ1v) is 20.3. The van der Waals surface area contributed by atoms with E-state index in [9.17, 15) is 24.0 Å². The molecule has 1 saturated heterocycles. The number of carbonyl (C=O) groups is 5. The summed E-state index contributed by atoms with van der Waals surface area (Å²) in [6.45, 7) is 18.5. The van der Waals surface area contributed by atoms with E-state index in [-0.39, 0.29) is 35.1 Å². The van der Waals surface area contributed by atoms with Crippen LogP contribution < -0.4 is 0 Å². The van der Waals surface area contributed by atoms with Gasteiger partial charge in [0, 0.05) is 33.6 Å². The quantitative estimate of drug-likeness (QED) is 0.115. The highest BCUT2D eigenvalue weighted by Crippen LogP contribution is 2.66. The normalized spacial score (nSPS) is 38.7. The van der Waals surface area contributed by atoms with E-state index in [0.717, 1.165) is 44.1 Å². The molecule has 4 aliphatic carbocycles. The lowest BCUT2D eigenvalue weighted by Crippen LogP contribution is -2.63. The molecule has 0 unspecified atom stereocenters. The average Bonchev–Trinajstić information content (AvgIpc) is 3.43. The Morgan fingerprint density at radius 1 is 0.833 bits per heavy atom. The lowest BCUT2D eigenvalue weighted by Gasteiger charge is -2.57. The van der Waals surface area contributed by atoms with E-state index in [0.29, 0.717) is 42.4 Å². The molecule has 0 N–H and O–H groups in total. The highest BCUT2D eigenvalue weighted by molar-refractivity contribution is 5.94. The molecule has 0 aromatic heterocycles. The predicted octanol–water partition coefficient (Wildman–Crippen LogP) is 7.09. The van der Waals surface area contributed by atoms with E-state index in [4.69, 9.17) is 28.4 Å². The molecule has 3 saturated carbocycles. The van der Waals surface area contributed by atoms with Crippen LogP contribution in [0.1, 0.15) is 121 Å². The van der Waals surface area contributed by atoms with Crippen molar-refractivity contribution in [3.05, 3.63) is 23.8 Å². The monoisotopic (exact) mass is 756 g/mol. The Hall–Kier alpha value is -3.05. The Kier molecular flexibility index (Phi) is 13.2. The van der Waals surface area contributed by atoms with Gasteiger partial charge in [-0.05, 0) is 104 Å². The van der Waals surface area contributed by atoms with Crippen LogP contribution in [-0.2, 0) is 52.4 Å². The number of carbonyl (C=O) groups excluding carboxylic acids is 5. The highest BCUT2D eigenvalue weighted by atomic mass is 16.7. The third-order valence-electron chi connectivity index (χ3n) is 13.9. The summed E-state index contributed by atoms with van der Waals surface area (Å²) in [4.78, 5) is 62.9. The summed E-state index contributed by atoms with van der Waals surface area (Å²) in [6, 6.07) is 0. The highest BCUT2D eigenvalue weighted by Gasteiger charge is 2.62. The van der Waals surface area contributed by atoms with E-state index >= 15 is 0 Å². The van der Waals surface area contributed by atoms with Crippen LogP contribution in [0.4, 0.5) is 0 Å². The summed E-state index contributed by atoms with van der Waals surface area (Å²) in [5.41, 5.74) is 1.04. The number of hydrogen-bond donors (Lipinski definition) is 0. The second-order valence-electron chi connectivity index (χ2n) is 17.6. The zero-order valence-electron chi connectivity index (χ0n) is 34.1. The van der Waals surface area contributed by atoms with Gasteiger partial charge >= 0.3 is 23.9 Å². The standard InChI is InChI=1S/C43H64O11/c1-11-29(23(2)3)13-12-24(4)32-14-15-33-37-34(17-19-43(32,33)10)42(9)18-16-31(20-30(42)21-35(37)48)53-41-40(52-28(8)47)39(51-27(7)46)38(50-26(6)45)36(54-41)22-49-25(5)44/h12-13,21,23-24,29,31-34,36-41H,11,14-20,22H2,1-10H3/b13-12+/t24-,29-,31+,32-,33+,34+,36-,37+,38-,39+,40-,41-,42+,43-/m1/s1. The molecular formula is C43H64O11. The van der Waals surface area contributed by atoms with E-state index in [1.165, 1.54) is 27.7 Å². The van der Waals surface area contributed by atoms with Gasteiger partial charge in [0.05, 0.1) is 6.10 Å². The van der Waals surface area contributed by atoms with Crippen molar-refractivity contribution in [3.63, 3.8) is 0 Å². The van der Waals surface area contributed by atoms with Crippen molar-refractivity contribution in [1.82, 2.24) is 0 Å². The van der Waals surface area contributed by atoms with Crippen molar-refractivity contribution < 1.29 is 52.4 Å². The minimum absolute atomic E-state index is 0.00922. The maximum Gasteiger partial charge on any atom is 0.303 e. The first-order chi connectivity index (χ1) is 25.4. The molecule has 11 nitrogen and oxygen atoms in total. The molecule has 0 amide bonds. The third kappa shape index (κ3) is 8.67. The molecule has 0 aromatic rings. The van der Waals surface area contributed by atoms with Crippen molar-refractivity contribution in [2.75, 3.05) is 6.61 Å². The first-order valence-electron chi connectivity index (χ1n) is 20.3. The van der Waals surface area contributed by atoms with Gasteiger partial charge in [-0.25, -0.2) is 0 Å². The van der Waals surface area contributed by atoms with Gasteiger partial charge in [-0.2, -0.15) is 0 Å². The minimum Gasteiger partial charge on any atom is -0.463 e. The van der Waals surface area contributed by atoms with Gasteiger partial charge in [-0.15, -0.1) is 0 Å². The molecule has 11 heteroatoms. The Bertz CT molecular complexity index is 1480. The van der Waals surface area contributed by atoms with Crippen LogP contribution in [0, 0.1) is 52.3 Å². The van der Waals surface area contributed by atoms with Crippen LogP contribution in [0.2, 0.25) is 0 Å². The molecule has 4 fully saturated rings. The van der Waals surface area contributed by atoms with Crippen LogP contribution in [0.15, 0.2) is 23.8 Å². The van der Waals surface area contributed by atoms with Crippen LogP contribution in [0.25, 0.3) is 0 Å². The topological polar surface area (TPSA) is 141 Å². The minimum atomic E-state index is -1.30. The van der Waals surface area contributed by atoms with Crippen molar-refractivity contribution in [2.45, 2.75) is 157 Å². The molecule has 1 heterocycles. The molecule has 0 bridgehead atoms. The number of rotatable bonds is 12. The number of hydrogen-bond acceptors (Lipinski definition) is 11. The van der Waals surface area contributed by atoms with Crippen LogP contribution in [-0.4, -0.2) is 73.1 Å². The fourth-order valence-corrected chi connectivity index (χ4v) is 11.2. The smallest absolute Gasteiger partial charge is 0.303 e. The first kappa shape index (κ1) is 42.1. The second-order valence-corrected chi connectivity index (χ2v) is 17.6. The van der Waals surface area contributed by atoms with Crippen molar-refractivity contribution in [2.24, 2.45) is 52.3 Å². The van der Waals surface area contributed by atoms with Gasteiger partial charge in [-0.3, -0.25) is 24.0 Å². The lowest BCUT2D eigenvalue weighted by molar-refractivity contribution is -0.318. The van der Waals surface area contributed by atoms with Crippen LogP contribution >= 0.6 is 0 Å². The van der Waals surface area contributed by atoms with Gasteiger partial charge in [0.2, 0.25) is 0 Å². The SMILES string of the molecule is CC[C@H](/C=C/[C@@H](C)[C@H]1CC[C@H]2[C@@H]3C(=O)C=C4C[C@@H](O[C@@H]5O[C@H](COC(C)=O)[C@@H](OC(C)=O)[C@H](OC(C)=O)[C@H]5OC(C)=O)CC[C@]4(C)[C@H]3CC[C@]12C)C(C)C. The molecule has 1 aliphatic heterocycles. The van der Waals surface area contributed by atoms with Crippen molar-refractivity contribution in [3.8, 4) is 0 Å². The summed E-state index contributed by atoms with van der Waals surface area (Å²) in [7, 11) is 0. The number of ether oxygens (including phenoxy) is 6. The maximum atomic E-state index is 14.3. The van der Waals surface area contributed by atoms with Gasteiger partial charge in [0.15, 0.2) is 30.4 Å². The van der Waals surface area contributed by atoms with Crippen molar-refractivity contribution >= 4 is 29.7 Å². The fraction of sp³-hybridized carbons (Fsp3) is 0.791. The van der Waals surface area contributed by atoms with Crippen LogP contribution in [0.3, 0.4) is 0 Å². The van der Waals surface area contributed by atoms with E-state index < -0.39 is 60.7 Å². The average molecular weight is 757 g/mol. The van der Waals surface area contributed by atoms with Gasteiger partial charge in [-0.1, -0.05) is 59.3 Å². The Morgan fingerprint density at radius 3 is 2.09 bits per heavy atom. The van der Waals surface area contributed by atoms with E-state index in [1.807, 2.05) is 6.08 Å². The van der Waals surface area contributed by atoms with Crippen LogP contribution in [0.5, 0.6) is 0 Å². The molecule has 0 aromatic carbocycles. The Morgan fingerprint density at radius 2 is 1.48 bits per heavy atom. The molecule has 5 aliphatic rings. The third-order valence-corrected chi connectivity index (χ3v) is 13.9. The molecular weight excluding hydrogens is 692 g/mol. The fourth-order valence-electron chi connectivity index (χ4n) is 11.2. The summed E-state index contributed by atoms with van der Waals surface area (Å²) < 4.78 is 34.8. The van der Waals surface area contributed by atoms with E-state index in [1.54, 1.807) is 0 Å². The molecule has 5 rings (SSSR count). The molecule has 0 radical (unpaired) electrons. The second kappa shape index (κ2) is 17.0. The summed E-state index contributed by atoms with van der Waals surface area (Å²) >= 11 is 0. The van der Waals surface area contributed by atoms with Crippen molar-refractivity contribution in [1.29, 1.82) is 0 Å². The van der Waals surface area contributed by atoms with Gasteiger partial charge in [0.25, 0.3) is 0 Å². The molecule has 0 spiro atoms. The molecule has 54 heavy (non-hydrogen) atoms. The number of fused-ring (bicyclic) bond motifs is 5. The zero-order chi connectivity index (χ0) is 39.7. The number of esters is 4. The Labute approximate surface area is 321 Å². The molecule has 302 valence electrons. The lowest BCUT2D eigenvalue weighted by atomic mass is 9.46. The summed E-state index contributed by atoms with van der Waals surface area (Å²) in [6.07, 6.45) is 7.70. The predicted molar refractivity (Wildman–Crippen MR) is 199 cm³/mol. The summed E-state index contributed by atoms with van der Waals surface area (Å²) in [5.74, 6) is 0.423.